The van der Waals surface area contributed by atoms with Crippen LogP contribution < -0.4 is 10.1 Å². The summed E-state index contributed by atoms with van der Waals surface area (Å²) in [5.41, 5.74) is 1.74. The Balaban J connectivity index is 2.46. The summed E-state index contributed by atoms with van der Waals surface area (Å²) in [5, 5.41) is 2.77. The third-order valence-electron chi connectivity index (χ3n) is 2.14. The fourth-order valence-electron chi connectivity index (χ4n) is 1.49. The lowest BCUT2D eigenvalue weighted by molar-refractivity contribution is 0.0965. The van der Waals surface area contributed by atoms with Gasteiger partial charge >= 0.3 is 0 Å². The average molecular weight is 256 g/mol. The van der Waals surface area contributed by atoms with Crippen molar-refractivity contribution >= 4 is 21.8 Å². The summed E-state index contributed by atoms with van der Waals surface area (Å²) in [4.78, 5) is 11.4. The second-order valence-corrected chi connectivity index (χ2v) is 3.91. The molecule has 1 aromatic rings. The zero-order valence-corrected chi connectivity index (χ0v) is 9.35. The van der Waals surface area contributed by atoms with E-state index in [0.29, 0.717) is 13.2 Å². The highest BCUT2D eigenvalue weighted by Gasteiger charge is 2.20. The first-order chi connectivity index (χ1) is 6.72. The molecule has 14 heavy (non-hydrogen) atoms. The van der Waals surface area contributed by atoms with Crippen molar-refractivity contribution in [2.75, 3.05) is 6.61 Å². The Hall–Kier alpha value is -1.03. The Bertz CT molecular complexity index is 390. The van der Waals surface area contributed by atoms with E-state index < -0.39 is 0 Å². The number of fused-ring (bicyclic) bond motifs is 1. The predicted molar refractivity (Wildman–Crippen MR) is 56.5 cm³/mol. The van der Waals surface area contributed by atoms with E-state index >= 15 is 0 Å². The normalized spacial score (nSPS) is 13.7. The van der Waals surface area contributed by atoms with Crippen molar-refractivity contribution in [1.29, 1.82) is 0 Å². The summed E-state index contributed by atoms with van der Waals surface area (Å²) in [6.45, 7) is 3.12. The molecule has 0 saturated carbocycles. The molecule has 0 unspecified atom stereocenters. The van der Waals surface area contributed by atoms with Crippen LogP contribution in [0.15, 0.2) is 16.6 Å². The van der Waals surface area contributed by atoms with Gasteiger partial charge in [0.05, 0.1) is 11.1 Å². The molecule has 1 aliphatic heterocycles. The van der Waals surface area contributed by atoms with Crippen LogP contribution in [-0.4, -0.2) is 12.5 Å². The second kappa shape index (κ2) is 3.61. The average Bonchev–Trinajstić information content (AvgIpc) is 2.49. The van der Waals surface area contributed by atoms with Crippen LogP contribution in [0.2, 0.25) is 0 Å². The number of carbonyl (C=O) groups is 1. The van der Waals surface area contributed by atoms with Gasteiger partial charge in [-0.1, -0.05) is 0 Å². The number of ether oxygens (including phenoxy) is 1. The van der Waals surface area contributed by atoms with Gasteiger partial charge in [0.15, 0.2) is 0 Å². The van der Waals surface area contributed by atoms with Crippen LogP contribution in [0.3, 0.4) is 0 Å². The summed E-state index contributed by atoms with van der Waals surface area (Å²) in [7, 11) is 0. The van der Waals surface area contributed by atoms with E-state index in [-0.39, 0.29) is 5.91 Å². The van der Waals surface area contributed by atoms with E-state index in [1.165, 1.54) is 0 Å². The van der Waals surface area contributed by atoms with Crippen molar-refractivity contribution in [3.8, 4) is 5.75 Å². The van der Waals surface area contributed by atoms with E-state index in [1.807, 2.05) is 13.0 Å². The number of halogens is 1. The van der Waals surface area contributed by atoms with Crippen LogP contribution in [-0.2, 0) is 6.54 Å². The zero-order valence-electron chi connectivity index (χ0n) is 7.76. The van der Waals surface area contributed by atoms with Crippen LogP contribution in [0.1, 0.15) is 22.8 Å². The van der Waals surface area contributed by atoms with Crippen LogP contribution >= 0.6 is 15.9 Å². The van der Waals surface area contributed by atoms with Gasteiger partial charge in [-0.2, -0.15) is 0 Å². The molecule has 74 valence electrons. The first-order valence-electron chi connectivity index (χ1n) is 4.45. The topological polar surface area (TPSA) is 38.3 Å². The molecule has 0 bridgehead atoms. The number of amides is 1. The molecule has 1 heterocycles. The quantitative estimate of drug-likeness (QED) is 0.879. The maximum atomic E-state index is 11.4. The molecule has 2 rings (SSSR count). The summed E-state index contributed by atoms with van der Waals surface area (Å²) in [6, 6.07) is 3.71. The monoisotopic (exact) mass is 255 g/mol. The molecule has 1 aromatic carbocycles. The highest BCUT2D eigenvalue weighted by Crippen LogP contribution is 2.30. The SMILES string of the molecule is CCOc1cc2c(cc1Br)CNC2=O. The molecular formula is C10H10BrNO2. The number of benzene rings is 1. The first kappa shape index (κ1) is 9.52. The van der Waals surface area contributed by atoms with E-state index in [1.54, 1.807) is 6.07 Å². The smallest absolute Gasteiger partial charge is 0.252 e. The fraction of sp³-hybridized carbons (Fsp3) is 0.300. The predicted octanol–water partition coefficient (Wildman–Crippen LogP) is 2.09. The number of hydrogen-bond donors (Lipinski definition) is 1. The van der Waals surface area contributed by atoms with Crippen LogP contribution in [0.5, 0.6) is 5.75 Å². The Kier molecular flexibility index (Phi) is 2.46. The molecule has 0 aliphatic carbocycles. The van der Waals surface area contributed by atoms with E-state index in [2.05, 4.69) is 21.2 Å². The van der Waals surface area contributed by atoms with Gasteiger partial charge in [0.1, 0.15) is 5.75 Å². The summed E-state index contributed by atoms with van der Waals surface area (Å²) >= 11 is 3.41. The Morgan fingerprint density at radius 1 is 1.57 bits per heavy atom. The van der Waals surface area contributed by atoms with Crippen LogP contribution in [0.25, 0.3) is 0 Å². The molecule has 0 aromatic heterocycles. The summed E-state index contributed by atoms with van der Waals surface area (Å²) < 4.78 is 6.28. The van der Waals surface area contributed by atoms with Crippen molar-refractivity contribution in [3.63, 3.8) is 0 Å². The Labute approximate surface area is 90.6 Å². The van der Waals surface area contributed by atoms with Gasteiger partial charge in [0.25, 0.3) is 5.91 Å². The first-order valence-corrected chi connectivity index (χ1v) is 5.25. The molecular weight excluding hydrogens is 246 g/mol. The highest BCUT2D eigenvalue weighted by atomic mass is 79.9. The van der Waals surface area contributed by atoms with E-state index in [4.69, 9.17) is 4.74 Å². The lowest BCUT2D eigenvalue weighted by atomic mass is 10.1. The van der Waals surface area contributed by atoms with Gasteiger partial charge in [-0.25, -0.2) is 0 Å². The third kappa shape index (κ3) is 1.50. The summed E-state index contributed by atoms with van der Waals surface area (Å²) in [5.74, 6) is 0.705. The lowest BCUT2D eigenvalue weighted by Crippen LogP contribution is -2.12. The van der Waals surface area contributed by atoms with Crippen molar-refractivity contribution in [2.24, 2.45) is 0 Å². The minimum Gasteiger partial charge on any atom is -0.493 e. The van der Waals surface area contributed by atoms with E-state index in [0.717, 1.165) is 21.3 Å². The largest absolute Gasteiger partial charge is 0.493 e. The van der Waals surface area contributed by atoms with Crippen molar-refractivity contribution in [3.05, 3.63) is 27.7 Å². The van der Waals surface area contributed by atoms with Crippen molar-refractivity contribution in [2.45, 2.75) is 13.5 Å². The van der Waals surface area contributed by atoms with E-state index in [9.17, 15) is 4.79 Å². The summed E-state index contributed by atoms with van der Waals surface area (Å²) in [6.07, 6.45) is 0. The number of rotatable bonds is 2. The number of carbonyl (C=O) groups excluding carboxylic acids is 1. The molecule has 4 heteroatoms. The zero-order chi connectivity index (χ0) is 10.1. The van der Waals surface area contributed by atoms with Gasteiger partial charge in [0.2, 0.25) is 0 Å². The van der Waals surface area contributed by atoms with Gasteiger partial charge < -0.3 is 10.1 Å². The molecule has 0 atom stereocenters. The van der Waals surface area contributed by atoms with Crippen molar-refractivity contribution in [1.82, 2.24) is 5.32 Å². The molecule has 1 amide bonds. The maximum Gasteiger partial charge on any atom is 0.252 e. The number of nitrogens with one attached hydrogen (secondary N) is 1. The molecule has 3 nitrogen and oxygen atoms in total. The minimum atomic E-state index is -0.0200. The van der Waals surface area contributed by atoms with Crippen LogP contribution in [0.4, 0.5) is 0 Å². The van der Waals surface area contributed by atoms with Gasteiger partial charge in [-0.05, 0) is 40.5 Å². The molecule has 0 spiro atoms. The van der Waals surface area contributed by atoms with Gasteiger partial charge in [-0.15, -0.1) is 0 Å². The fourth-order valence-corrected chi connectivity index (χ4v) is 1.99. The van der Waals surface area contributed by atoms with Gasteiger partial charge in [0, 0.05) is 12.1 Å². The molecule has 0 fully saturated rings. The Morgan fingerprint density at radius 3 is 3.07 bits per heavy atom. The Morgan fingerprint density at radius 2 is 2.36 bits per heavy atom. The van der Waals surface area contributed by atoms with Crippen molar-refractivity contribution < 1.29 is 9.53 Å². The standard InChI is InChI=1S/C10H10BrNO2/c1-2-14-9-4-7-6(3-8(9)11)5-12-10(7)13/h3-4H,2,5H2,1H3,(H,12,13). The van der Waals surface area contributed by atoms with Crippen LogP contribution in [0, 0.1) is 0 Å². The minimum absolute atomic E-state index is 0.0200. The third-order valence-corrected chi connectivity index (χ3v) is 2.76. The van der Waals surface area contributed by atoms with Gasteiger partial charge in [-0.3, -0.25) is 4.79 Å². The second-order valence-electron chi connectivity index (χ2n) is 3.06. The number of hydrogen-bond acceptors (Lipinski definition) is 2. The molecule has 0 saturated heterocycles. The molecule has 1 aliphatic rings. The highest BCUT2D eigenvalue weighted by molar-refractivity contribution is 9.10. The molecule has 0 radical (unpaired) electrons. The lowest BCUT2D eigenvalue weighted by Gasteiger charge is -2.07. The molecule has 1 N–H and O–H groups in total. The maximum absolute atomic E-state index is 11.4.